The molecular formula is C19H21N5. The maximum atomic E-state index is 5.84. The molecule has 0 saturated heterocycles. The molecule has 3 aromatic rings. The molecular weight excluding hydrogens is 298 g/mol. The lowest BCUT2D eigenvalue weighted by Crippen LogP contribution is -2.28. The molecule has 2 heterocycles. The number of hydrogen-bond donors (Lipinski definition) is 2. The van der Waals surface area contributed by atoms with Gasteiger partial charge in [-0.1, -0.05) is 61.5 Å². The number of anilines is 2. The van der Waals surface area contributed by atoms with Gasteiger partial charge in [0.2, 0.25) is 11.9 Å². The summed E-state index contributed by atoms with van der Waals surface area (Å²) in [6.45, 7) is 2.17. The number of nitrogens with two attached hydrogens (primary N) is 1. The molecule has 122 valence electrons. The Bertz CT molecular complexity index is 823. The number of nitrogens with one attached hydrogen (secondary N) is 1. The summed E-state index contributed by atoms with van der Waals surface area (Å²) in [4.78, 5) is 4.35. The van der Waals surface area contributed by atoms with Crippen LogP contribution in [0.5, 0.6) is 0 Å². The minimum atomic E-state index is 0.128. The maximum Gasteiger partial charge on any atom is 0.241 e. The van der Waals surface area contributed by atoms with Crippen LogP contribution >= 0.6 is 0 Å². The molecule has 1 aliphatic heterocycles. The predicted molar refractivity (Wildman–Crippen MR) is 95.8 cm³/mol. The van der Waals surface area contributed by atoms with Crippen molar-refractivity contribution < 1.29 is 0 Å². The molecule has 24 heavy (non-hydrogen) atoms. The number of fused-ring (bicyclic) bond motifs is 1. The molecule has 2 atom stereocenters. The average molecular weight is 319 g/mol. The summed E-state index contributed by atoms with van der Waals surface area (Å²) in [6.07, 6.45) is 1.96. The van der Waals surface area contributed by atoms with Gasteiger partial charge in [0, 0.05) is 0 Å². The summed E-state index contributed by atoms with van der Waals surface area (Å²) in [6, 6.07) is 19.5. The fourth-order valence-corrected chi connectivity index (χ4v) is 3.35. The van der Waals surface area contributed by atoms with Gasteiger partial charge in [-0.05, 0) is 29.5 Å². The highest BCUT2D eigenvalue weighted by molar-refractivity contribution is 5.42. The molecule has 0 fully saturated rings. The molecule has 2 aromatic carbocycles. The molecule has 0 radical (unpaired) electrons. The fourth-order valence-electron chi connectivity index (χ4n) is 3.35. The van der Waals surface area contributed by atoms with Gasteiger partial charge in [-0.3, -0.25) is 0 Å². The zero-order valence-electron chi connectivity index (χ0n) is 13.7. The van der Waals surface area contributed by atoms with Crippen molar-refractivity contribution in [1.29, 1.82) is 0 Å². The quantitative estimate of drug-likeness (QED) is 0.774. The van der Waals surface area contributed by atoms with E-state index in [0.717, 1.165) is 18.8 Å². The zero-order chi connectivity index (χ0) is 16.5. The third-order valence-electron chi connectivity index (χ3n) is 4.68. The summed E-state index contributed by atoms with van der Waals surface area (Å²) in [5.41, 5.74) is 9.67. The van der Waals surface area contributed by atoms with E-state index in [-0.39, 0.29) is 12.1 Å². The molecule has 1 aromatic heterocycles. The molecule has 3 N–H and O–H groups in total. The highest BCUT2D eigenvalue weighted by Gasteiger charge is 2.30. The van der Waals surface area contributed by atoms with Crippen LogP contribution < -0.4 is 11.1 Å². The summed E-state index contributed by atoms with van der Waals surface area (Å²) in [5, 5.41) is 7.87. The normalized spacial score (nSPS) is 19.5. The highest BCUT2D eigenvalue weighted by Crippen LogP contribution is 2.37. The third-order valence-corrected chi connectivity index (χ3v) is 4.68. The van der Waals surface area contributed by atoms with E-state index < -0.39 is 0 Å². The topological polar surface area (TPSA) is 68.8 Å². The Hall–Kier alpha value is -2.82. The Morgan fingerprint density at radius 3 is 2.54 bits per heavy atom. The molecule has 0 aliphatic carbocycles. The maximum absolute atomic E-state index is 5.84. The smallest absolute Gasteiger partial charge is 0.241 e. The van der Waals surface area contributed by atoms with Crippen molar-refractivity contribution in [1.82, 2.24) is 14.8 Å². The summed E-state index contributed by atoms with van der Waals surface area (Å²) >= 11 is 0. The number of benzene rings is 2. The molecule has 0 saturated carbocycles. The van der Waals surface area contributed by atoms with Crippen molar-refractivity contribution in [3.63, 3.8) is 0 Å². The minimum absolute atomic E-state index is 0.128. The molecule has 5 heteroatoms. The minimum Gasteiger partial charge on any atom is -0.366 e. The van der Waals surface area contributed by atoms with Crippen molar-refractivity contribution in [2.24, 2.45) is 0 Å². The third kappa shape index (κ3) is 2.62. The lowest BCUT2D eigenvalue weighted by atomic mass is 9.93. The number of rotatable bonds is 3. The van der Waals surface area contributed by atoms with Gasteiger partial charge in [-0.15, -0.1) is 5.10 Å². The number of nitrogens with zero attached hydrogens (tertiary/aromatic N) is 3. The molecule has 1 aliphatic rings. The van der Waals surface area contributed by atoms with Gasteiger partial charge in [0.25, 0.3) is 0 Å². The molecule has 0 amide bonds. The van der Waals surface area contributed by atoms with E-state index in [1.54, 1.807) is 0 Å². The largest absolute Gasteiger partial charge is 0.366 e. The van der Waals surface area contributed by atoms with E-state index in [9.17, 15) is 0 Å². The van der Waals surface area contributed by atoms with Gasteiger partial charge >= 0.3 is 0 Å². The lowest BCUT2D eigenvalue weighted by Gasteiger charge is -2.31. The Morgan fingerprint density at radius 2 is 1.83 bits per heavy atom. The molecule has 4 rings (SSSR count). The highest BCUT2D eigenvalue weighted by atomic mass is 15.4. The van der Waals surface area contributed by atoms with Crippen molar-refractivity contribution in [2.75, 3.05) is 11.1 Å². The van der Waals surface area contributed by atoms with Crippen LogP contribution in [0.3, 0.4) is 0 Å². The van der Waals surface area contributed by atoms with Crippen LogP contribution in [0.2, 0.25) is 0 Å². The molecule has 0 spiro atoms. The lowest BCUT2D eigenvalue weighted by molar-refractivity contribution is 0.431. The fraction of sp³-hybridized carbons (Fsp3) is 0.263. The number of hydrogen-bond acceptors (Lipinski definition) is 4. The van der Waals surface area contributed by atoms with Crippen LogP contribution in [0.15, 0.2) is 54.6 Å². The monoisotopic (exact) mass is 319 g/mol. The summed E-state index contributed by atoms with van der Waals surface area (Å²) < 4.78 is 1.90. The van der Waals surface area contributed by atoms with E-state index in [1.165, 1.54) is 16.7 Å². The van der Waals surface area contributed by atoms with Gasteiger partial charge in [-0.25, -0.2) is 4.68 Å². The SMILES string of the molecule is CCc1ccc([C@H]2C[C@@H](c3ccccc3)n3nc(N)nc3N2)cc1. The van der Waals surface area contributed by atoms with Crippen molar-refractivity contribution in [2.45, 2.75) is 31.8 Å². The summed E-state index contributed by atoms with van der Waals surface area (Å²) in [5.74, 6) is 1.04. The first-order chi connectivity index (χ1) is 11.7. The zero-order valence-corrected chi connectivity index (χ0v) is 13.7. The second-order valence-corrected chi connectivity index (χ2v) is 6.19. The molecule has 0 unspecified atom stereocenters. The number of nitrogen functional groups attached to an aromatic ring is 1. The van der Waals surface area contributed by atoms with Crippen molar-refractivity contribution >= 4 is 11.9 Å². The second kappa shape index (κ2) is 6.00. The number of aromatic nitrogens is 3. The standard InChI is InChI=1S/C19H21N5/c1-2-13-8-10-14(11-9-13)16-12-17(15-6-4-3-5-7-15)24-19(21-16)22-18(20)23-24/h3-11,16-17H,2,12H2,1H3,(H3,20,21,22,23)/t16-,17+/m1/s1. The molecule has 0 bridgehead atoms. The Balaban J connectivity index is 1.71. The Morgan fingerprint density at radius 1 is 1.08 bits per heavy atom. The van der Waals surface area contributed by atoms with Gasteiger partial charge in [0.15, 0.2) is 0 Å². The van der Waals surface area contributed by atoms with Crippen molar-refractivity contribution in [3.8, 4) is 0 Å². The van der Waals surface area contributed by atoms with Crippen LogP contribution in [0, 0.1) is 0 Å². The van der Waals surface area contributed by atoms with E-state index in [2.05, 4.69) is 70.9 Å². The van der Waals surface area contributed by atoms with Crippen molar-refractivity contribution in [3.05, 3.63) is 71.3 Å². The average Bonchev–Trinajstić information content (AvgIpc) is 3.02. The van der Waals surface area contributed by atoms with Crippen LogP contribution in [0.4, 0.5) is 11.9 Å². The first kappa shape index (κ1) is 14.8. The van der Waals surface area contributed by atoms with Crippen LogP contribution in [-0.4, -0.2) is 14.8 Å². The number of aryl methyl sites for hydroxylation is 1. The van der Waals surface area contributed by atoms with E-state index in [4.69, 9.17) is 5.73 Å². The van der Waals surface area contributed by atoms with E-state index >= 15 is 0 Å². The van der Waals surface area contributed by atoms with Gasteiger partial charge in [-0.2, -0.15) is 4.98 Å². The van der Waals surface area contributed by atoms with E-state index in [0.29, 0.717) is 5.95 Å². The summed E-state index contributed by atoms with van der Waals surface area (Å²) in [7, 11) is 0. The predicted octanol–water partition coefficient (Wildman–Crippen LogP) is 3.57. The van der Waals surface area contributed by atoms with Crippen LogP contribution in [-0.2, 0) is 6.42 Å². The Kier molecular flexibility index (Phi) is 3.69. The van der Waals surface area contributed by atoms with Crippen LogP contribution in [0.1, 0.15) is 42.1 Å². The van der Waals surface area contributed by atoms with Gasteiger partial charge in [0.1, 0.15) is 0 Å². The second-order valence-electron chi connectivity index (χ2n) is 6.19. The Labute approximate surface area is 141 Å². The van der Waals surface area contributed by atoms with Gasteiger partial charge < -0.3 is 11.1 Å². The van der Waals surface area contributed by atoms with Gasteiger partial charge in [0.05, 0.1) is 12.1 Å². The first-order valence-electron chi connectivity index (χ1n) is 8.37. The van der Waals surface area contributed by atoms with E-state index in [1.807, 2.05) is 10.7 Å². The van der Waals surface area contributed by atoms with Crippen LogP contribution in [0.25, 0.3) is 0 Å². The molecule has 5 nitrogen and oxygen atoms in total. The first-order valence-corrected chi connectivity index (χ1v) is 8.37.